The van der Waals surface area contributed by atoms with E-state index in [2.05, 4.69) is 34.7 Å². The summed E-state index contributed by atoms with van der Waals surface area (Å²) >= 11 is 1.77. The molecule has 1 saturated carbocycles. The van der Waals surface area contributed by atoms with E-state index in [-0.39, 0.29) is 0 Å². The molecule has 0 aromatic carbocycles. The Bertz CT molecular complexity index is 516. The second-order valence-electron chi connectivity index (χ2n) is 5.33. The molecule has 1 atom stereocenters. The molecular formula is C15H20N2S. The van der Waals surface area contributed by atoms with Crippen molar-refractivity contribution in [2.24, 2.45) is 5.92 Å². The van der Waals surface area contributed by atoms with E-state index >= 15 is 0 Å². The van der Waals surface area contributed by atoms with Crippen molar-refractivity contribution in [3.05, 3.63) is 29.3 Å². The van der Waals surface area contributed by atoms with Gasteiger partial charge in [-0.25, -0.2) is 0 Å². The minimum Gasteiger partial charge on any atom is -0.310 e. The summed E-state index contributed by atoms with van der Waals surface area (Å²) in [4.78, 5) is 4.50. The zero-order valence-electron chi connectivity index (χ0n) is 10.9. The van der Waals surface area contributed by atoms with Crippen LogP contribution in [0.2, 0.25) is 0 Å². The molecule has 2 aromatic heterocycles. The first kappa shape index (κ1) is 12.1. The highest BCUT2D eigenvalue weighted by atomic mass is 32.1. The highest BCUT2D eigenvalue weighted by Crippen LogP contribution is 2.33. The van der Waals surface area contributed by atoms with E-state index in [1.54, 1.807) is 11.3 Å². The van der Waals surface area contributed by atoms with E-state index in [0.29, 0.717) is 6.04 Å². The van der Waals surface area contributed by atoms with Crippen molar-refractivity contribution < 1.29 is 0 Å². The van der Waals surface area contributed by atoms with Crippen molar-refractivity contribution in [1.82, 2.24) is 10.3 Å². The molecule has 3 heteroatoms. The first-order valence-electron chi connectivity index (χ1n) is 6.89. The average Bonchev–Trinajstić information content (AvgIpc) is 3.09. The van der Waals surface area contributed by atoms with Crippen LogP contribution in [0.15, 0.2) is 23.7 Å². The third kappa shape index (κ3) is 2.90. The second kappa shape index (κ2) is 5.37. The van der Waals surface area contributed by atoms with Crippen LogP contribution < -0.4 is 5.32 Å². The van der Waals surface area contributed by atoms with E-state index in [9.17, 15) is 0 Å². The van der Waals surface area contributed by atoms with Crippen LogP contribution >= 0.6 is 11.3 Å². The fourth-order valence-electron chi connectivity index (χ4n) is 2.33. The number of hydrogen-bond acceptors (Lipinski definition) is 3. The Morgan fingerprint density at radius 1 is 1.50 bits per heavy atom. The van der Waals surface area contributed by atoms with Crippen LogP contribution in [-0.4, -0.2) is 11.5 Å². The number of hydrogen-bond donors (Lipinski definition) is 1. The summed E-state index contributed by atoms with van der Waals surface area (Å²) in [5.74, 6) is 1.05. The second-order valence-corrected chi connectivity index (χ2v) is 6.28. The molecule has 0 saturated heterocycles. The molecular weight excluding hydrogens is 240 g/mol. The Kier molecular flexibility index (Phi) is 3.62. The van der Waals surface area contributed by atoms with Gasteiger partial charge in [0.1, 0.15) is 0 Å². The van der Waals surface area contributed by atoms with Gasteiger partial charge in [-0.1, -0.05) is 12.8 Å². The first-order valence-corrected chi connectivity index (χ1v) is 7.77. The molecule has 0 amide bonds. The van der Waals surface area contributed by atoms with Gasteiger partial charge in [0, 0.05) is 12.2 Å². The Hall–Kier alpha value is -0.930. The Morgan fingerprint density at radius 3 is 3.22 bits per heavy atom. The molecule has 1 aliphatic rings. The largest absolute Gasteiger partial charge is 0.310 e. The van der Waals surface area contributed by atoms with Crippen LogP contribution in [0.5, 0.6) is 0 Å². The van der Waals surface area contributed by atoms with Gasteiger partial charge in [0.15, 0.2) is 0 Å². The summed E-state index contributed by atoms with van der Waals surface area (Å²) in [5, 5.41) is 5.71. The molecule has 0 spiro atoms. The molecule has 2 aromatic rings. The molecule has 96 valence electrons. The number of nitrogens with zero attached hydrogens (tertiary/aromatic N) is 1. The Labute approximate surface area is 112 Å². The highest BCUT2D eigenvalue weighted by Gasteiger charge is 2.20. The number of rotatable bonds is 6. The first-order chi connectivity index (χ1) is 8.83. The quantitative estimate of drug-likeness (QED) is 0.790. The van der Waals surface area contributed by atoms with Crippen LogP contribution in [-0.2, 0) is 0 Å². The smallest absolute Gasteiger partial charge is 0.0809 e. The molecule has 0 aliphatic heterocycles. The summed E-state index contributed by atoms with van der Waals surface area (Å²) in [6.45, 7) is 3.35. The van der Waals surface area contributed by atoms with Crippen molar-refractivity contribution in [2.45, 2.75) is 38.6 Å². The number of thiophene rings is 1. The van der Waals surface area contributed by atoms with Gasteiger partial charge in [-0.3, -0.25) is 4.98 Å². The van der Waals surface area contributed by atoms with Crippen LogP contribution in [0.25, 0.3) is 10.2 Å². The zero-order chi connectivity index (χ0) is 12.4. The maximum Gasteiger partial charge on any atom is 0.0809 e. The van der Waals surface area contributed by atoms with Crippen molar-refractivity contribution in [2.75, 3.05) is 6.54 Å². The maximum atomic E-state index is 4.50. The van der Waals surface area contributed by atoms with Crippen molar-refractivity contribution >= 4 is 21.6 Å². The minimum absolute atomic E-state index is 0.406. The molecule has 1 fully saturated rings. The molecule has 2 heterocycles. The molecule has 1 N–H and O–H groups in total. The summed E-state index contributed by atoms with van der Waals surface area (Å²) < 4.78 is 1.29. The van der Waals surface area contributed by atoms with Gasteiger partial charge in [-0.2, -0.15) is 0 Å². The third-order valence-electron chi connectivity index (χ3n) is 3.76. The Morgan fingerprint density at radius 2 is 2.39 bits per heavy atom. The lowest BCUT2D eigenvalue weighted by molar-refractivity contribution is 0.533. The predicted molar refractivity (Wildman–Crippen MR) is 78.0 cm³/mol. The summed E-state index contributed by atoms with van der Waals surface area (Å²) in [6.07, 6.45) is 7.66. The zero-order valence-corrected chi connectivity index (χ0v) is 11.7. The molecule has 3 rings (SSSR count). The molecule has 1 unspecified atom stereocenters. The van der Waals surface area contributed by atoms with Gasteiger partial charge in [-0.05, 0) is 55.3 Å². The lowest BCUT2D eigenvalue weighted by Gasteiger charge is -2.13. The van der Waals surface area contributed by atoms with Gasteiger partial charge in [-0.15, -0.1) is 11.3 Å². The molecule has 0 radical (unpaired) electrons. The number of pyridine rings is 1. The van der Waals surface area contributed by atoms with Crippen LogP contribution in [0.1, 0.15) is 44.2 Å². The summed E-state index contributed by atoms with van der Waals surface area (Å²) in [7, 11) is 0. The van der Waals surface area contributed by atoms with Crippen molar-refractivity contribution in [3.8, 4) is 0 Å². The monoisotopic (exact) mass is 260 g/mol. The molecule has 0 bridgehead atoms. The van der Waals surface area contributed by atoms with Crippen LogP contribution in [0.4, 0.5) is 0 Å². The van der Waals surface area contributed by atoms with Crippen LogP contribution in [0.3, 0.4) is 0 Å². The predicted octanol–water partition coefficient (Wildman–Crippen LogP) is 4.14. The molecule has 1 aliphatic carbocycles. The lowest BCUT2D eigenvalue weighted by Crippen LogP contribution is -2.20. The summed E-state index contributed by atoms with van der Waals surface area (Å²) in [5.41, 5.74) is 2.42. The minimum atomic E-state index is 0.406. The van der Waals surface area contributed by atoms with Crippen molar-refractivity contribution in [1.29, 1.82) is 0 Å². The normalized spacial score (nSPS) is 17.2. The fourth-order valence-corrected chi connectivity index (χ4v) is 3.12. The molecule has 18 heavy (non-hydrogen) atoms. The van der Waals surface area contributed by atoms with E-state index in [0.717, 1.165) is 18.0 Å². The third-order valence-corrected chi connectivity index (χ3v) is 4.61. The van der Waals surface area contributed by atoms with Gasteiger partial charge in [0.05, 0.1) is 10.2 Å². The standard InChI is InChI=1S/C15H20N2S/c1-11(16-7-2-3-12-4-5-12)13-9-15-14(17-10-13)6-8-18-15/h6,8-12,16H,2-5,7H2,1H3. The van der Waals surface area contributed by atoms with Crippen LogP contribution in [0, 0.1) is 5.92 Å². The summed E-state index contributed by atoms with van der Waals surface area (Å²) in [6, 6.07) is 4.76. The lowest BCUT2D eigenvalue weighted by atomic mass is 10.1. The maximum absolute atomic E-state index is 4.50. The SMILES string of the molecule is CC(NCCCC1CC1)c1cnc2ccsc2c1. The fraction of sp³-hybridized carbons (Fsp3) is 0.533. The number of aromatic nitrogens is 1. The average molecular weight is 260 g/mol. The van der Waals surface area contributed by atoms with E-state index in [4.69, 9.17) is 0 Å². The number of nitrogens with one attached hydrogen (secondary N) is 1. The number of fused-ring (bicyclic) bond motifs is 1. The highest BCUT2D eigenvalue weighted by molar-refractivity contribution is 7.17. The topological polar surface area (TPSA) is 24.9 Å². The molecule has 2 nitrogen and oxygen atoms in total. The van der Waals surface area contributed by atoms with Gasteiger partial charge in [0.2, 0.25) is 0 Å². The van der Waals surface area contributed by atoms with E-state index < -0.39 is 0 Å². The Balaban J connectivity index is 1.54. The van der Waals surface area contributed by atoms with E-state index in [1.807, 2.05) is 6.20 Å². The van der Waals surface area contributed by atoms with Gasteiger partial charge in [0.25, 0.3) is 0 Å². The van der Waals surface area contributed by atoms with Gasteiger partial charge < -0.3 is 5.32 Å². The van der Waals surface area contributed by atoms with Gasteiger partial charge >= 0.3 is 0 Å². The van der Waals surface area contributed by atoms with E-state index in [1.165, 1.54) is 35.9 Å². The van der Waals surface area contributed by atoms with Crippen molar-refractivity contribution in [3.63, 3.8) is 0 Å².